The number of aliphatic hydroxyl groups is 1. The van der Waals surface area contributed by atoms with Gasteiger partial charge in [0, 0.05) is 11.6 Å². The summed E-state index contributed by atoms with van der Waals surface area (Å²) in [5, 5.41) is 18.5. The van der Waals surface area contributed by atoms with E-state index in [1.807, 2.05) is 25.7 Å². The third kappa shape index (κ3) is 2.69. The Bertz CT molecular complexity index is 234. The Kier molecular flexibility index (Phi) is 3.73. The summed E-state index contributed by atoms with van der Waals surface area (Å²) in [6, 6.07) is -0.462. The molecule has 1 aliphatic heterocycles. The lowest BCUT2D eigenvalue weighted by atomic mass is 9.89. The Morgan fingerprint density at radius 3 is 2.40 bits per heavy atom. The van der Waals surface area contributed by atoms with Gasteiger partial charge in [-0.3, -0.25) is 9.69 Å². The molecule has 2 atom stereocenters. The molecule has 0 radical (unpaired) electrons. The zero-order valence-electron chi connectivity index (χ0n) is 9.73. The molecule has 0 aromatic carbocycles. The van der Waals surface area contributed by atoms with Crippen LogP contribution in [0.15, 0.2) is 0 Å². The molecule has 2 N–H and O–H groups in total. The van der Waals surface area contributed by atoms with Gasteiger partial charge in [0.2, 0.25) is 0 Å². The van der Waals surface area contributed by atoms with Gasteiger partial charge in [-0.05, 0) is 40.0 Å². The summed E-state index contributed by atoms with van der Waals surface area (Å²) in [5.74, 6) is -0.775. The Balaban J connectivity index is 2.91. The van der Waals surface area contributed by atoms with E-state index in [4.69, 9.17) is 5.11 Å². The van der Waals surface area contributed by atoms with Gasteiger partial charge in [0.1, 0.15) is 6.04 Å². The van der Waals surface area contributed by atoms with Gasteiger partial charge in [0.25, 0.3) is 0 Å². The second-order valence-corrected chi connectivity index (χ2v) is 5.20. The van der Waals surface area contributed by atoms with Crippen molar-refractivity contribution in [3.63, 3.8) is 0 Å². The van der Waals surface area contributed by atoms with Crippen molar-refractivity contribution in [3.8, 4) is 0 Å². The summed E-state index contributed by atoms with van der Waals surface area (Å²) in [6.45, 7) is 6.03. The predicted molar refractivity (Wildman–Crippen MR) is 57.7 cm³/mol. The maximum Gasteiger partial charge on any atom is 0.320 e. The summed E-state index contributed by atoms with van der Waals surface area (Å²) >= 11 is 0. The molecule has 0 aromatic rings. The van der Waals surface area contributed by atoms with Crippen LogP contribution in [0, 0.1) is 0 Å². The molecule has 0 amide bonds. The molecule has 1 rings (SSSR count). The fourth-order valence-electron chi connectivity index (χ4n) is 2.52. The Morgan fingerprint density at radius 2 is 2.00 bits per heavy atom. The average molecular weight is 215 g/mol. The van der Waals surface area contributed by atoms with Gasteiger partial charge >= 0.3 is 5.97 Å². The maximum atomic E-state index is 11.1. The largest absolute Gasteiger partial charge is 0.480 e. The maximum absolute atomic E-state index is 11.1. The first-order chi connectivity index (χ1) is 6.88. The van der Waals surface area contributed by atoms with Crippen LogP contribution in [0.3, 0.4) is 0 Å². The lowest BCUT2D eigenvalue weighted by Crippen LogP contribution is -2.59. The van der Waals surface area contributed by atoms with Gasteiger partial charge in [0.15, 0.2) is 0 Å². The monoisotopic (exact) mass is 215 g/mol. The molecule has 4 heteroatoms. The number of nitrogens with zero attached hydrogens (tertiary/aromatic N) is 1. The van der Waals surface area contributed by atoms with E-state index in [1.165, 1.54) is 0 Å². The van der Waals surface area contributed by atoms with E-state index in [2.05, 4.69) is 0 Å². The average Bonchev–Trinajstić information content (AvgIpc) is 2.15. The minimum absolute atomic E-state index is 0.0140. The van der Waals surface area contributed by atoms with E-state index < -0.39 is 12.0 Å². The highest BCUT2D eigenvalue weighted by atomic mass is 16.4. The quantitative estimate of drug-likeness (QED) is 0.723. The van der Waals surface area contributed by atoms with Gasteiger partial charge in [-0.2, -0.15) is 0 Å². The summed E-state index contributed by atoms with van der Waals surface area (Å²) in [4.78, 5) is 13.1. The van der Waals surface area contributed by atoms with Crippen molar-refractivity contribution in [2.24, 2.45) is 0 Å². The van der Waals surface area contributed by atoms with Crippen molar-refractivity contribution >= 4 is 5.97 Å². The predicted octanol–water partition coefficient (Wildman–Crippen LogP) is 1.08. The molecule has 4 nitrogen and oxygen atoms in total. The molecule has 1 fully saturated rings. The first kappa shape index (κ1) is 12.5. The smallest absolute Gasteiger partial charge is 0.320 e. The standard InChI is InChI=1S/C11H21NO3/c1-11(2,3)12-8(7-13)5-4-6-9(12)10(14)15/h8-9,13H,4-7H2,1-3H3,(H,14,15)/t8-,9-/m0/s1. The van der Waals surface area contributed by atoms with E-state index in [-0.39, 0.29) is 18.2 Å². The number of carboxylic acids is 1. The zero-order valence-corrected chi connectivity index (χ0v) is 9.73. The number of aliphatic carboxylic acids is 1. The second-order valence-electron chi connectivity index (χ2n) is 5.20. The molecule has 1 saturated heterocycles. The zero-order chi connectivity index (χ0) is 11.6. The highest BCUT2D eigenvalue weighted by molar-refractivity contribution is 5.73. The van der Waals surface area contributed by atoms with Crippen molar-refractivity contribution in [1.29, 1.82) is 0 Å². The summed E-state index contributed by atoms with van der Waals surface area (Å²) in [7, 11) is 0. The molecule has 0 bridgehead atoms. The van der Waals surface area contributed by atoms with Crippen LogP contribution < -0.4 is 0 Å². The summed E-state index contributed by atoms with van der Waals surface area (Å²) in [6.07, 6.45) is 2.45. The van der Waals surface area contributed by atoms with Gasteiger partial charge in [-0.15, -0.1) is 0 Å². The van der Waals surface area contributed by atoms with Gasteiger partial charge in [-0.1, -0.05) is 0 Å². The van der Waals surface area contributed by atoms with Gasteiger partial charge in [-0.25, -0.2) is 0 Å². The molecule has 15 heavy (non-hydrogen) atoms. The van der Waals surface area contributed by atoms with Crippen LogP contribution in [0.5, 0.6) is 0 Å². The fraction of sp³-hybridized carbons (Fsp3) is 0.909. The number of hydrogen-bond donors (Lipinski definition) is 2. The van der Waals surface area contributed by atoms with Gasteiger partial charge in [0.05, 0.1) is 6.61 Å². The minimum Gasteiger partial charge on any atom is -0.480 e. The first-order valence-electron chi connectivity index (χ1n) is 5.50. The number of likely N-dealkylation sites (tertiary alicyclic amines) is 1. The molecule has 0 spiro atoms. The van der Waals surface area contributed by atoms with E-state index >= 15 is 0 Å². The van der Waals surface area contributed by atoms with E-state index in [1.54, 1.807) is 0 Å². The third-order valence-electron chi connectivity index (χ3n) is 3.01. The molecule has 0 aromatic heterocycles. The Labute approximate surface area is 90.9 Å². The number of hydrogen-bond acceptors (Lipinski definition) is 3. The first-order valence-corrected chi connectivity index (χ1v) is 5.50. The SMILES string of the molecule is CC(C)(C)N1[C@H](CO)CCC[C@H]1C(=O)O. The number of aliphatic hydroxyl groups excluding tert-OH is 1. The Hall–Kier alpha value is -0.610. The number of rotatable bonds is 2. The van der Waals surface area contributed by atoms with Crippen LogP contribution >= 0.6 is 0 Å². The number of carboxylic acid groups (broad SMARTS) is 1. The highest BCUT2D eigenvalue weighted by Gasteiger charge is 2.40. The summed E-state index contributed by atoms with van der Waals surface area (Å²) < 4.78 is 0. The van der Waals surface area contributed by atoms with Crippen LogP contribution in [0.25, 0.3) is 0 Å². The number of piperidine rings is 1. The van der Waals surface area contributed by atoms with E-state index in [0.29, 0.717) is 6.42 Å². The lowest BCUT2D eigenvalue weighted by Gasteiger charge is -2.47. The van der Waals surface area contributed by atoms with Crippen molar-refractivity contribution < 1.29 is 15.0 Å². The molecule has 1 aliphatic rings. The molecular weight excluding hydrogens is 194 g/mol. The Morgan fingerprint density at radius 1 is 1.40 bits per heavy atom. The van der Waals surface area contributed by atoms with Crippen molar-refractivity contribution in [1.82, 2.24) is 4.90 Å². The van der Waals surface area contributed by atoms with Crippen LogP contribution in [0.2, 0.25) is 0 Å². The molecule has 0 unspecified atom stereocenters. The lowest BCUT2D eigenvalue weighted by molar-refractivity contribution is -0.151. The highest BCUT2D eigenvalue weighted by Crippen LogP contribution is 2.30. The van der Waals surface area contributed by atoms with Crippen molar-refractivity contribution in [3.05, 3.63) is 0 Å². The normalized spacial score (nSPS) is 29.1. The minimum atomic E-state index is -0.775. The third-order valence-corrected chi connectivity index (χ3v) is 3.01. The van der Waals surface area contributed by atoms with E-state index in [9.17, 15) is 9.90 Å². The molecule has 1 heterocycles. The van der Waals surface area contributed by atoms with Crippen LogP contribution in [-0.4, -0.2) is 45.3 Å². The van der Waals surface area contributed by atoms with Crippen molar-refractivity contribution in [2.45, 2.75) is 57.7 Å². The second kappa shape index (κ2) is 4.49. The van der Waals surface area contributed by atoms with E-state index in [0.717, 1.165) is 12.8 Å². The van der Waals surface area contributed by atoms with Crippen LogP contribution in [0.1, 0.15) is 40.0 Å². The molecular formula is C11H21NO3. The molecule has 0 saturated carbocycles. The fourth-order valence-corrected chi connectivity index (χ4v) is 2.52. The summed E-state index contributed by atoms with van der Waals surface area (Å²) in [5.41, 5.74) is -0.211. The number of carbonyl (C=O) groups is 1. The van der Waals surface area contributed by atoms with Crippen LogP contribution in [-0.2, 0) is 4.79 Å². The van der Waals surface area contributed by atoms with Crippen LogP contribution in [0.4, 0.5) is 0 Å². The topological polar surface area (TPSA) is 60.8 Å². The molecule has 0 aliphatic carbocycles. The van der Waals surface area contributed by atoms with Crippen molar-refractivity contribution in [2.75, 3.05) is 6.61 Å². The molecule has 88 valence electrons. The van der Waals surface area contributed by atoms with Gasteiger partial charge < -0.3 is 10.2 Å².